The van der Waals surface area contributed by atoms with E-state index in [1.165, 1.54) is 12.1 Å². The van der Waals surface area contributed by atoms with Gasteiger partial charge in [-0.05, 0) is 64.2 Å². The summed E-state index contributed by atoms with van der Waals surface area (Å²) in [6, 6.07) is 22.2. The second kappa shape index (κ2) is 10.4. The van der Waals surface area contributed by atoms with Gasteiger partial charge in [0.15, 0.2) is 0 Å². The van der Waals surface area contributed by atoms with E-state index in [1.54, 1.807) is 30.3 Å². The van der Waals surface area contributed by atoms with Crippen molar-refractivity contribution in [3.05, 3.63) is 107 Å². The summed E-state index contributed by atoms with van der Waals surface area (Å²) in [5.74, 6) is -2.03. The highest BCUT2D eigenvalue weighted by Crippen LogP contribution is 2.41. The second-order valence-corrected chi connectivity index (χ2v) is 8.91. The van der Waals surface area contributed by atoms with E-state index in [9.17, 15) is 0 Å². The van der Waals surface area contributed by atoms with Gasteiger partial charge < -0.3 is 0 Å². The summed E-state index contributed by atoms with van der Waals surface area (Å²) in [7, 11) is 0. The molecule has 4 aromatic rings. The molecule has 0 aliphatic carbocycles. The molecule has 33 heavy (non-hydrogen) atoms. The molecule has 0 amide bonds. The lowest BCUT2D eigenvalue weighted by molar-refractivity contribution is 0.272. The third-order valence-electron chi connectivity index (χ3n) is 6.19. The highest BCUT2D eigenvalue weighted by molar-refractivity contribution is 6.30. The number of hydrogen-bond donors (Lipinski definition) is 0. The summed E-state index contributed by atoms with van der Waals surface area (Å²) in [6.45, 7) is 2.07. The molecule has 4 heteroatoms. The van der Waals surface area contributed by atoms with E-state index < -0.39 is 23.7 Å². The minimum atomic E-state index is -1.37. The van der Waals surface area contributed by atoms with Crippen molar-refractivity contribution in [1.29, 1.82) is 0 Å². The van der Waals surface area contributed by atoms with Crippen LogP contribution < -0.4 is 0 Å². The molecule has 0 N–H and O–H groups in total. The molecular weight excluding hydrogens is 441 g/mol. The van der Waals surface area contributed by atoms with Crippen LogP contribution in [0.1, 0.15) is 55.8 Å². The molecule has 0 heterocycles. The van der Waals surface area contributed by atoms with Crippen LogP contribution in [-0.2, 0) is 0 Å². The monoisotopic (exact) mass is 466 g/mol. The minimum Gasteiger partial charge on any atom is -0.242 e. The van der Waals surface area contributed by atoms with Crippen LogP contribution in [0.2, 0.25) is 5.02 Å². The van der Waals surface area contributed by atoms with E-state index in [0.29, 0.717) is 28.1 Å². The van der Waals surface area contributed by atoms with Crippen molar-refractivity contribution in [2.24, 2.45) is 0 Å². The molecule has 0 fully saturated rings. The van der Waals surface area contributed by atoms with Gasteiger partial charge in [-0.25, -0.2) is 13.2 Å². The van der Waals surface area contributed by atoms with Crippen LogP contribution in [0, 0.1) is 11.6 Å². The number of alkyl halides is 1. The van der Waals surface area contributed by atoms with Crippen molar-refractivity contribution in [3.63, 3.8) is 0 Å². The summed E-state index contributed by atoms with van der Waals surface area (Å²) < 4.78 is 46.2. The van der Waals surface area contributed by atoms with E-state index in [1.807, 2.05) is 36.4 Å². The first kappa shape index (κ1) is 23.4. The number of rotatable bonds is 8. The van der Waals surface area contributed by atoms with Crippen LogP contribution in [0.5, 0.6) is 0 Å². The van der Waals surface area contributed by atoms with Gasteiger partial charge in [-0.3, -0.25) is 0 Å². The van der Waals surface area contributed by atoms with Crippen molar-refractivity contribution in [2.45, 2.75) is 44.7 Å². The average Bonchev–Trinajstić information content (AvgIpc) is 2.82. The van der Waals surface area contributed by atoms with Gasteiger partial charge in [-0.1, -0.05) is 86.3 Å². The lowest BCUT2D eigenvalue weighted by atomic mass is 9.84. The zero-order chi connectivity index (χ0) is 23.4. The quantitative estimate of drug-likeness (QED) is 0.227. The maximum Gasteiger partial charge on any atom is 0.134 e. The van der Waals surface area contributed by atoms with Crippen LogP contribution in [-0.4, -0.2) is 0 Å². The molecular formula is C29H26ClF3. The van der Waals surface area contributed by atoms with Gasteiger partial charge in [0.1, 0.15) is 17.8 Å². The first-order valence-electron chi connectivity index (χ1n) is 11.4. The maximum absolute atomic E-state index is 15.9. The van der Waals surface area contributed by atoms with E-state index in [2.05, 4.69) is 6.92 Å². The molecule has 0 aliphatic rings. The highest BCUT2D eigenvalue weighted by atomic mass is 35.5. The fourth-order valence-electron chi connectivity index (χ4n) is 4.41. The molecule has 2 atom stereocenters. The van der Waals surface area contributed by atoms with Gasteiger partial charge in [0.2, 0.25) is 0 Å². The minimum absolute atomic E-state index is 0.121. The van der Waals surface area contributed by atoms with Crippen LogP contribution in [0.3, 0.4) is 0 Å². The van der Waals surface area contributed by atoms with Crippen molar-refractivity contribution >= 4 is 22.4 Å². The first-order valence-corrected chi connectivity index (χ1v) is 11.7. The van der Waals surface area contributed by atoms with Crippen molar-refractivity contribution in [1.82, 2.24) is 0 Å². The lowest BCUT2D eigenvalue weighted by Gasteiger charge is -2.23. The third kappa shape index (κ3) is 5.25. The van der Waals surface area contributed by atoms with Crippen molar-refractivity contribution in [3.8, 4) is 11.1 Å². The largest absolute Gasteiger partial charge is 0.242 e. The molecule has 0 aliphatic heterocycles. The summed E-state index contributed by atoms with van der Waals surface area (Å²) in [4.78, 5) is 0. The number of hydrogen-bond acceptors (Lipinski definition) is 0. The normalized spacial score (nSPS) is 13.2. The molecule has 0 nitrogen and oxygen atoms in total. The summed E-state index contributed by atoms with van der Waals surface area (Å²) in [6.07, 6.45) is 1.86. The van der Waals surface area contributed by atoms with E-state index in [0.717, 1.165) is 30.0 Å². The van der Waals surface area contributed by atoms with Gasteiger partial charge in [0.25, 0.3) is 0 Å². The fourth-order valence-corrected chi connectivity index (χ4v) is 4.53. The Balaban J connectivity index is 1.71. The van der Waals surface area contributed by atoms with Gasteiger partial charge in [-0.15, -0.1) is 0 Å². The number of halogens is 4. The van der Waals surface area contributed by atoms with Crippen molar-refractivity contribution < 1.29 is 13.2 Å². The smallest absolute Gasteiger partial charge is 0.134 e. The maximum atomic E-state index is 15.9. The van der Waals surface area contributed by atoms with E-state index >= 15 is 13.2 Å². The SMILES string of the molecule is CCCCCC(c1cc(F)c(-c2ccc(Cl)cc2)c(F)c1)C(F)c1ccc2ccccc2c1. The number of unbranched alkanes of at least 4 members (excludes halogenated alkanes) is 2. The third-order valence-corrected chi connectivity index (χ3v) is 6.44. The molecule has 0 saturated carbocycles. The Kier molecular flexibility index (Phi) is 7.39. The van der Waals surface area contributed by atoms with Gasteiger partial charge in [0, 0.05) is 10.9 Å². The molecule has 0 spiro atoms. The summed E-state index contributed by atoms with van der Waals surface area (Å²) >= 11 is 5.91. The Morgan fingerprint density at radius 3 is 2.09 bits per heavy atom. The zero-order valence-corrected chi connectivity index (χ0v) is 19.3. The average molecular weight is 467 g/mol. The van der Waals surface area contributed by atoms with Gasteiger partial charge in [-0.2, -0.15) is 0 Å². The first-order chi connectivity index (χ1) is 16.0. The Hall–Kier alpha value is -2.78. The van der Waals surface area contributed by atoms with Crippen LogP contribution in [0.15, 0.2) is 78.9 Å². The Bertz CT molecular complexity index is 1210. The molecule has 0 saturated heterocycles. The van der Waals surface area contributed by atoms with E-state index in [4.69, 9.17) is 11.6 Å². The van der Waals surface area contributed by atoms with Gasteiger partial charge >= 0.3 is 0 Å². The number of benzene rings is 4. The molecule has 4 rings (SSSR count). The van der Waals surface area contributed by atoms with Crippen LogP contribution >= 0.6 is 11.6 Å². The van der Waals surface area contributed by atoms with Crippen LogP contribution in [0.4, 0.5) is 13.2 Å². The zero-order valence-electron chi connectivity index (χ0n) is 18.5. The molecule has 170 valence electrons. The topological polar surface area (TPSA) is 0 Å². The van der Waals surface area contributed by atoms with Gasteiger partial charge in [0.05, 0.1) is 5.56 Å². The standard InChI is InChI=1S/C29H26ClF3/c1-2-3-4-9-25(29(33)22-11-10-19-7-5-6-8-21(19)16-22)23-17-26(31)28(27(32)18-23)20-12-14-24(30)15-13-20/h5-8,10-18,25,29H,2-4,9H2,1H3. The predicted molar refractivity (Wildman–Crippen MR) is 131 cm³/mol. The molecule has 2 unspecified atom stereocenters. The molecule has 0 aromatic heterocycles. The Morgan fingerprint density at radius 1 is 0.758 bits per heavy atom. The second-order valence-electron chi connectivity index (χ2n) is 8.48. The lowest BCUT2D eigenvalue weighted by Crippen LogP contribution is -2.09. The number of fused-ring (bicyclic) bond motifs is 1. The Labute approximate surface area is 198 Å². The molecule has 0 radical (unpaired) electrons. The highest BCUT2D eigenvalue weighted by Gasteiger charge is 2.27. The summed E-state index contributed by atoms with van der Waals surface area (Å²) in [5.41, 5.74) is 1.15. The Morgan fingerprint density at radius 2 is 1.42 bits per heavy atom. The summed E-state index contributed by atoms with van der Waals surface area (Å²) in [5, 5.41) is 2.46. The fraction of sp³-hybridized carbons (Fsp3) is 0.241. The molecule has 4 aromatic carbocycles. The van der Waals surface area contributed by atoms with E-state index in [-0.39, 0.29) is 5.56 Å². The molecule has 0 bridgehead atoms. The van der Waals surface area contributed by atoms with Crippen LogP contribution in [0.25, 0.3) is 21.9 Å². The predicted octanol–water partition coefficient (Wildman–Crippen LogP) is 9.81. The van der Waals surface area contributed by atoms with Crippen molar-refractivity contribution in [2.75, 3.05) is 0 Å².